The fourth-order valence-corrected chi connectivity index (χ4v) is 4.74. The Balaban J connectivity index is 2.21. The van der Waals surface area contributed by atoms with Crippen LogP contribution in [0.5, 0.6) is 23.0 Å². The van der Waals surface area contributed by atoms with E-state index in [9.17, 15) is 0 Å². The van der Waals surface area contributed by atoms with Gasteiger partial charge in [-0.3, -0.25) is 0 Å². The van der Waals surface area contributed by atoms with Gasteiger partial charge in [0.05, 0.1) is 6.10 Å². The average Bonchev–Trinajstić information content (AvgIpc) is 2.69. The van der Waals surface area contributed by atoms with Gasteiger partial charge in [0, 0.05) is 29.2 Å². The summed E-state index contributed by atoms with van der Waals surface area (Å²) in [6.07, 6.45) is 2.75. The molecule has 1 heterocycles. The molecule has 2 atom stereocenters. The summed E-state index contributed by atoms with van der Waals surface area (Å²) in [5.74, 6) is 3.76. The van der Waals surface area contributed by atoms with Gasteiger partial charge in [0.15, 0.2) is 0 Å². The molecule has 36 heavy (non-hydrogen) atoms. The summed E-state index contributed by atoms with van der Waals surface area (Å²) >= 11 is 0. The molecule has 0 amide bonds. The maximum absolute atomic E-state index is 6.59. The van der Waals surface area contributed by atoms with Crippen LogP contribution in [0.2, 0.25) is 0 Å². The maximum atomic E-state index is 6.59. The lowest BCUT2D eigenvalue weighted by Crippen LogP contribution is -2.28. The number of aryl methyl sites for hydroxylation is 2. The van der Waals surface area contributed by atoms with Gasteiger partial charge in [-0.1, -0.05) is 13.8 Å². The number of hydrogen-bond acceptors (Lipinski definition) is 4. The topological polar surface area (TPSA) is 36.9 Å². The van der Waals surface area contributed by atoms with Gasteiger partial charge in [0.2, 0.25) is 0 Å². The van der Waals surface area contributed by atoms with Crippen LogP contribution in [0.4, 0.5) is 0 Å². The van der Waals surface area contributed by atoms with Gasteiger partial charge >= 0.3 is 0 Å². The Labute approximate surface area is 219 Å². The van der Waals surface area contributed by atoms with Crippen molar-refractivity contribution in [2.24, 2.45) is 0 Å². The quantitative estimate of drug-likeness (QED) is 0.401. The van der Waals surface area contributed by atoms with Gasteiger partial charge in [-0.05, 0) is 112 Å². The summed E-state index contributed by atoms with van der Waals surface area (Å²) in [6.45, 7) is 25.3. The molecule has 200 valence electrons. The van der Waals surface area contributed by atoms with Crippen LogP contribution in [0.1, 0.15) is 118 Å². The Morgan fingerprint density at radius 1 is 0.667 bits per heavy atom. The zero-order valence-electron chi connectivity index (χ0n) is 24.7. The van der Waals surface area contributed by atoms with Crippen molar-refractivity contribution in [2.75, 3.05) is 0 Å². The van der Waals surface area contributed by atoms with Gasteiger partial charge in [0.25, 0.3) is 0 Å². The molecule has 1 aliphatic heterocycles. The molecule has 2 aromatic rings. The molecular formula is C32H48O4. The Kier molecular flexibility index (Phi) is 7.98. The third kappa shape index (κ3) is 7.11. The average molecular weight is 497 g/mol. The van der Waals surface area contributed by atoms with Crippen LogP contribution in [-0.2, 0) is 12.8 Å². The number of rotatable bonds is 6. The van der Waals surface area contributed by atoms with E-state index in [1.165, 1.54) is 22.3 Å². The molecule has 0 saturated heterocycles. The smallest absolute Gasteiger partial charge is 0.127 e. The molecule has 0 bridgehead atoms. The van der Waals surface area contributed by atoms with E-state index < -0.39 is 0 Å². The molecule has 1 aliphatic rings. The third-order valence-electron chi connectivity index (χ3n) is 6.04. The van der Waals surface area contributed by atoms with Crippen molar-refractivity contribution < 1.29 is 18.9 Å². The van der Waals surface area contributed by atoms with Crippen molar-refractivity contribution >= 4 is 0 Å². The predicted molar refractivity (Wildman–Crippen MR) is 149 cm³/mol. The molecule has 3 rings (SSSR count). The summed E-state index contributed by atoms with van der Waals surface area (Å²) in [6, 6.07) is 8.81. The van der Waals surface area contributed by atoms with Crippen LogP contribution in [0.3, 0.4) is 0 Å². The highest BCUT2D eigenvalue weighted by Crippen LogP contribution is 2.48. The highest BCUT2D eigenvalue weighted by atomic mass is 16.5. The van der Waals surface area contributed by atoms with Crippen molar-refractivity contribution in [3.05, 3.63) is 46.5 Å². The highest BCUT2D eigenvalue weighted by Gasteiger charge is 2.33. The number of ether oxygens (including phenoxy) is 4. The third-order valence-corrected chi connectivity index (χ3v) is 6.04. The molecule has 0 N–H and O–H groups in total. The summed E-state index contributed by atoms with van der Waals surface area (Å²) in [5, 5.41) is 0. The van der Waals surface area contributed by atoms with E-state index in [0.717, 1.165) is 42.3 Å². The SMILES string of the molecule is CCc1cc2c(cc1OC(C)(C)C)OC(C)CC2c1cc(CC)c(OC(C)(C)C)cc1OC(C)(C)C. The van der Waals surface area contributed by atoms with E-state index in [2.05, 4.69) is 107 Å². The largest absolute Gasteiger partial charge is 0.490 e. The summed E-state index contributed by atoms with van der Waals surface area (Å²) in [7, 11) is 0. The highest BCUT2D eigenvalue weighted by molar-refractivity contribution is 5.57. The van der Waals surface area contributed by atoms with Crippen LogP contribution in [-0.4, -0.2) is 22.9 Å². The first-order valence-corrected chi connectivity index (χ1v) is 13.6. The molecule has 0 radical (unpaired) electrons. The van der Waals surface area contributed by atoms with Gasteiger partial charge in [-0.15, -0.1) is 0 Å². The Hall–Kier alpha value is -2.36. The minimum absolute atomic E-state index is 0.0792. The number of benzene rings is 2. The zero-order chi connectivity index (χ0) is 27.1. The molecular weight excluding hydrogens is 448 g/mol. The summed E-state index contributed by atoms with van der Waals surface area (Å²) in [4.78, 5) is 0. The van der Waals surface area contributed by atoms with Gasteiger partial charge in [0.1, 0.15) is 39.8 Å². The fourth-order valence-electron chi connectivity index (χ4n) is 4.74. The van der Waals surface area contributed by atoms with Crippen LogP contribution in [0.15, 0.2) is 24.3 Å². The van der Waals surface area contributed by atoms with Gasteiger partial charge in [-0.25, -0.2) is 0 Å². The Bertz CT molecular complexity index is 1060. The van der Waals surface area contributed by atoms with Crippen molar-refractivity contribution in [1.29, 1.82) is 0 Å². The van der Waals surface area contributed by atoms with Gasteiger partial charge in [-0.2, -0.15) is 0 Å². The molecule has 2 aromatic carbocycles. The van der Waals surface area contributed by atoms with Crippen LogP contribution < -0.4 is 18.9 Å². The van der Waals surface area contributed by atoms with Crippen LogP contribution >= 0.6 is 0 Å². The molecule has 0 aliphatic carbocycles. The van der Waals surface area contributed by atoms with Crippen molar-refractivity contribution in [3.63, 3.8) is 0 Å². The molecule has 0 aromatic heterocycles. The second kappa shape index (κ2) is 10.2. The molecule has 0 spiro atoms. The lowest BCUT2D eigenvalue weighted by Gasteiger charge is -2.35. The van der Waals surface area contributed by atoms with E-state index >= 15 is 0 Å². The van der Waals surface area contributed by atoms with E-state index in [4.69, 9.17) is 18.9 Å². The Morgan fingerprint density at radius 3 is 1.58 bits per heavy atom. The normalized spacial score (nSPS) is 18.3. The maximum Gasteiger partial charge on any atom is 0.127 e. The van der Waals surface area contributed by atoms with E-state index in [-0.39, 0.29) is 28.8 Å². The molecule has 2 unspecified atom stereocenters. The molecule has 4 heteroatoms. The monoisotopic (exact) mass is 496 g/mol. The lowest BCUT2D eigenvalue weighted by atomic mass is 9.82. The minimum atomic E-state index is -0.333. The van der Waals surface area contributed by atoms with Crippen molar-refractivity contribution in [2.45, 2.75) is 131 Å². The zero-order valence-corrected chi connectivity index (χ0v) is 24.7. The fraction of sp³-hybridized carbons (Fsp3) is 0.625. The van der Waals surface area contributed by atoms with Crippen molar-refractivity contribution in [3.8, 4) is 23.0 Å². The number of fused-ring (bicyclic) bond motifs is 1. The van der Waals surface area contributed by atoms with Gasteiger partial charge < -0.3 is 18.9 Å². The number of hydrogen-bond donors (Lipinski definition) is 0. The first kappa shape index (κ1) is 28.2. The summed E-state index contributed by atoms with van der Waals surface area (Å²) in [5.41, 5.74) is 3.91. The molecule has 4 nitrogen and oxygen atoms in total. The van der Waals surface area contributed by atoms with Crippen molar-refractivity contribution in [1.82, 2.24) is 0 Å². The molecule has 0 saturated carbocycles. The second-order valence-corrected chi connectivity index (χ2v) is 13.1. The molecule has 0 fully saturated rings. The Morgan fingerprint density at radius 2 is 1.11 bits per heavy atom. The summed E-state index contributed by atoms with van der Waals surface area (Å²) < 4.78 is 25.7. The van der Waals surface area contributed by atoms with E-state index in [1.54, 1.807) is 0 Å². The van der Waals surface area contributed by atoms with Crippen LogP contribution in [0.25, 0.3) is 0 Å². The van der Waals surface area contributed by atoms with Crippen LogP contribution in [0, 0.1) is 0 Å². The van der Waals surface area contributed by atoms with E-state index in [0.29, 0.717) is 0 Å². The van der Waals surface area contributed by atoms with E-state index in [1.807, 2.05) is 0 Å². The standard InChI is InChI=1S/C32H48O4/c1-13-21-16-24-23(15-20(3)33-28(24)18-26(21)34-30(4,5)6)25-17-22(14-2)27(35-31(7,8)9)19-29(25)36-32(10,11)12/h16-20,23H,13-15H2,1-12H3. The second-order valence-electron chi connectivity index (χ2n) is 13.1. The minimum Gasteiger partial charge on any atom is -0.490 e. The lowest BCUT2D eigenvalue weighted by molar-refractivity contribution is 0.118. The predicted octanol–water partition coefficient (Wildman–Crippen LogP) is 8.65. The first-order valence-electron chi connectivity index (χ1n) is 13.6. The first-order chi connectivity index (χ1) is 16.5.